The summed E-state index contributed by atoms with van der Waals surface area (Å²) in [6.45, 7) is 1.20. The van der Waals surface area contributed by atoms with Crippen LogP contribution < -0.4 is 10.6 Å². The number of halogens is 3. The van der Waals surface area contributed by atoms with E-state index in [4.69, 9.17) is 0 Å². The Bertz CT molecular complexity index is 455. The summed E-state index contributed by atoms with van der Waals surface area (Å²) in [7, 11) is 0. The van der Waals surface area contributed by atoms with E-state index in [1.165, 1.54) is 12.8 Å². The molecule has 0 heterocycles. The van der Waals surface area contributed by atoms with E-state index in [-0.39, 0.29) is 4.47 Å². The van der Waals surface area contributed by atoms with Crippen molar-refractivity contribution in [2.24, 2.45) is 0 Å². The van der Waals surface area contributed by atoms with E-state index in [0.717, 1.165) is 25.1 Å². The fraction of sp³-hybridized carbons (Fsp3) is 0.462. The molecule has 1 amide bonds. The molecule has 0 atom stereocenters. The highest BCUT2D eigenvalue weighted by Crippen LogP contribution is 2.19. The van der Waals surface area contributed by atoms with Gasteiger partial charge in [0.05, 0.1) is 0 Å². The van der Waals surface area contributed by atoms with Crippen LogP contribution in [0.15, 0.2) is 16.6 Å². The van der Waals surface area contributed by atoms with Gasteiger partial charge in [-0.05, 0) is 37.9 Å². The summed E-state index contributed by atoms with van der Waals surface area (Å²) in [6.07, 6.45) is 3.16. The number of hydrogen-bond donors (Lipinski definition) is 2. The predicted molar refractivity (Wildman–Crippen MR) is 72.0 cm³/mol. The normalized spacial score (nSPS) is 14.5. The second-order valence-electron chi connectivity index (χ2n) is 4.58. The second-order valence-corrected chi connectivity index (χ2v) is 5.50. The van der Waals surface area contributed by atoms with Crippen molar-refractivity contribution < 1.29 is 13.6 Å². The molecule has 1 aliphatic rings. The molecule has 0 unspecified atom stereocenters. The minimum atomic E-state index is -0.861. The van der Waals surface area contributed by atoms with Crippen molar-refractivity contribution in [2.45, 2.75) is 25.3 Å². The zero-order valence-electron chi connectivity index (χ0n) is 10.3. The lowest BCUT2D eigenvalue weighted by Gasteiger charge is -2.08. The van der Waals surface area contributed by atoms with Crippen molar-refractivity contribution in [3.8, 4) is 0 Å². The average molecular weight is 333 g/mol. The van der Waals surface area contributed by atoms with E-state index in [1.807, 2.05) is 0 Å². The Balaban J connectivity index is 1.81. The van der Waals surface area contributed by atoms with Gasteiger partial charge in [-0.1, -0.05) is 15.9 Å². The summed E-state index contributed by atoms with van der Waals surface area (Å²) >= 11 is 2.97. The van der Waals surface area contributed by atoms with E-state index in [1.54, 1.807) is 0 Å². The lowest BCUT2D eigenvalue weighted by atomic mass is 10.2. The Labute approximate surface area is 118 Å². The minimum Gasteiger partial charge on any atom is -0.352 e. The number of benzene rings is 1. The summed E-state index contributed by atoms with van der Waals surface area (Å²) in [5.41, 5.74) is -0.529. The molecule has 2 rings (SSSR count). The van der Waals surface area contributed by atoms with Crippen molar-refractivity contribution in [3.63, 3.8) is 0 Å². The molecule has 1 fully saturated rings. The Morgan fingerprint density at radius 3 is 2.47 bits per heavy atom. The zero-order valence-corrected chi connectivity index (χ0v) is 11.9. The van der Waals surface area contributed by atoms with E-state index in [2.05, 4.69) is 26.6 Å². The molecule has 1 aliphatic carbocycles. The first-order valence-electron chi connectivity index (χ1n) is 6.24. The molecule has 2 N–H and O–H groups in total. The summed E-state index contributed by atoms with van der Waals surface area (Å²) in [4.78, 5) is 11.7. The maximum absolute atomic E-state index is 13.5. The number of carbonyl (C=O) groups is 1. The third-order valence-corrected chi connectivity index (χ3v) is 3.34. The lowest BCUT2D eigenvalue weighted by Crippen LogP contribution is -2.29. The van der Waals surface area contributed by atoms with E-state index in [0.29, 0.717) is 12.6 Å². The van der Waals surface area contributed by atoms with Crippen molar-refractivity contribution in [1.82, 2.24) is 10.6 Å². The molecule has 0 spiro atoms. The molecule has 1 saturated carbocycles. The standard InChI is InChI=1S/C13H15BrF2N2O/c14-8-6-10(15)12(11(16)7-8)13(19)18-5-1-4-17-9-2-3-9/h6-7,9,17H,1-5H2,(H,18,19). The Kier molecular flexibility index (Phi) is 4.87. The third-order valence-electron chi connectivity index (χ3n) is 2.88. The van der Waals surface area contributed by atoms with Gasteiger partial charge in [-0.25, -0.2) is 8.78 Å². The SMILES string of the molecule is O=C(NCCCNC1CC1)c1c(F)cc(Br)cc1F. The number of nitrogens with one attached hydrogen (secondary N) is 2. The number of hydrogen-bond acceptors (Lipinski definition) is 2. The molecule has 6 heteroatoms. The van der Waals surface area contributed by atoms with Gasteiger partial charge in [0.1, 0.15) is 17.2 Å². The van der Waals surface area contributed by atoms with Crippen LogP contribution in [0.25, 0.3) is 0 Å². The lowest BCUT2D eigenvalue weighted by molar-refractivity contribution is 0.0945. The summed E-state index contributed by atoms with van der Waals surface area (Å²) < 4.78 is 27.3. The largest absolute Gasteiger partial charge is 0.352 e. The van der Waals surface area contributed by atoms with E-state index in [9.17, 15) is 13.6 Å². The van der Waals surface area contributed by atoms with Gasteiger partial charge >= 0.3 is 0 Å². The first kappa shape index (κ1) is 14.4. The van der Waals surface area contributed by atoms with Gasteiger partial charge in [0.15, 0.2) is 0 Å². The zero-order chi connectivity index (χ0) is 13.8. The topological polar surface area (TPSA) is 41.1 Å². The molecular weight excluding hydrogens is 318 g/mol. The van der Waals surface area contributed by atoms with Gasteiger partial charge in [-0.2, -0.15) is 0 Å². The van der Waals surface area contributed by atoms with Crippen LogP contribution in [0.1, 0.15) is 29.6 Å². The highest BCUT2D eigenvalue weighted by molar-refractivity contribution is 9.10. The first-order chi connectivity index (χ1) is 9.08. The maximum atomic E-state index is 13.5. The highest BCUT2D eigenvalue weighted by atomic mass is 79.9. The third kappa shape index (κ3) is 4.24. The fourth-order valence-corrected chi connectivity index (χ4v) is 2.13. The molecule has 0 aliphatic heterocycles. The Morgan fingerprint density at radius 1 is 1.26 bits per heavy atom. The quantitative estimate of drug-likeness (QED) is 0.786. The highest BCUT2D eigenvalue weighted by Gasteiger charge is 2.20. The van der Waals surface area contributed by atoms with Gasteiger partial charge in [0, 0.05) is 17.1 Å². The molecule has 0 aromatic heterocycles. The van der Waals surface area contributed by atoms with Gasteiger partial charge < -0.3 is 10.6 Å². The predicted octanol–water partition coefficient (Wildman–Crippen LogP) is 2.60. The van der Waals surface area contributed by atoms with Crippen LogP contribution in [-0.4, -0.2) is 25.0 Å². The van der Waals surface area contributed by atoms with Crippen LogP contribution in [0, 0.1) is 11.6 Å². The van der Waals surface area contributed by atoms with Crippen LogP contribution in [0.4, 0.5) is 8.78 Å². The molecule has 0 saturated heterocycles. The van der Waals surface area contributed by atoms with Crippen molar-refractivity contribution in [2.75, 3.05) is 13.1 Å². The molecule has 1 aromatic rings. The van der Waals surface area contributed by atoms with Crippen molar-refractivity contribution in [3.05, 3.63) is 33.8 Å². The Morgan fingerprint density at radius 2 is 1.89 bits per heavy atom. The van der Waals surface area contributed by atoms with Crippen molar-refractivity contribution in [1.29, 1.82) is 0 Å². The van der Waals surface area contributed by atoms with Gasteiger partial charge in [-0.3, -0.25) is 4.79 Å². The molecule has 104 valence electrons. The van der Waals surface area contributed by atoms with Crippen LogP contribution in [-0.2, 0) is 0 Å². The average Bonchev–Trinajstić information content (AvgIpc) is 3.11. The van der Waals surface area contributed by atoms with Crippen LogP contribution in [0.5, 0.6) is 0 Å². The molecule has 0 bridgehead atoms. The smallest absolute Gasteiger partial charge is 0.257 e. The monoisotopic (exact) mass is 332 g/mol. The molecule has 3 nitrogen and oxygen atoms in total. The van der Waals surface area contributed by atoms with Crippen LogP contribution >= 0.6 is 15.9 Å². The summed E-state index contributed by atoms with van der Waals surface area (Å²) in [6, 6.07) is 2.77. The van der Waals surface area contributed by atoms with Crippen LogP contribution in [0.3, 0.4) is 0 Å². The maximum Gasteiger partial charge on any atom is 0.257 e. The number of rotatable bonds is 6. The van der Waals surface area contributed by atoms with Crippen molar-refractivity contribution >= 4 is 21.8 Å². The minimum absolute atomic E-state index is 0.271. The van der Waals surface area contributed by atoms with Crippen LogP contribution in [0.2, 0.25) is 0 Å². The van der Waals surface area contributed by atoms with E-state index < -0.39 is 23.1 Å². The van der Waals surface area contributed by atoms with Gasteiger partial charge in [0.2, 0.25) is 0 Å². The Hall–Kier alpha value is -1.01. The molecular formula is C13H15BrF2N2O. The molecule has 0 radical (unpaired) electrons. The molecule has 1 aromatic carbocycles. The summed E-state index contributed by atoms with van der Waals surface area (Å²) in [5, 5.41) is 5.81. The first-order valence-corrected chi connectivity index (χ1v) is 7.03. The van der Waals surface area contributed by atoms with Gasteiger partial charge in [0.25, 0.3) is 5.91 Å². The number of amides is 1. The number of carbonyl (C=O) groups excluding carboxylic acids is 1. The summed E-state index contributed by atoms with van der Waals surface area (Å²) in [5.74, 6) is -2.44. The van der Waals surface area contributed by atoms with E-state index >= 15 is 0 Å². The molecule has 19 heavy (non-hydrogen) atoms. The second kappa shape index (κ2) is 6.43. The van der Waals surface area contributed by atoms with Gasteiger partial charge in [-0.15, -0.1) is 0 Å². The fourth-order valence-electron chi connectivity index (χ4n) is 1.73.